The third-order valence-corrected chi connectivity index (χ3v) is 3.50. The number of aromatic amines is 2. The number of nitrogens with one attached hydrogen (secondary N) is 2. The van der Waals surface area contributed by atoms with Crippen molar-refractivity contribution >= 4 is 45.9 Å². The topological polar surface area (TPSA) is 316 Å². The van der Waals surface area contributed by atoms with Gasteiger partial charge in [0.15, 0.2) is 45.4 Å². The minimum atomic E-state index is -1.42. The summed E-state index contributed by atoms with van der Waals surface area (Å²) in [5.41, 5.74) is 6.48. The molecule has 0 aliphatic rings. The average Bonchev–Trinajstić information content (AvgIpc) is 2.68. The van der Waals surface area contributed by atoms with Crippen molar-refractivity contribution in [3.05, 3.63) is 32.1 Å². The first-order valence-electron chi connectivity index (χ1n) is 7.93. The van der Waals surface area contributed by atoms with Gasteiger partial charge in [0.25, 0.3) is 11.1 Å². The normalized spacial score (nSPS) is 9.88. The fourth-order valence-corrected chi connectivity index (χ4v) is 2.22. The summed E-state index contributed by atoms with van der Waals surface area (Å²) in [4.78, 5) is 68.4. The third-order valence-electron chi connectivity index (χ3n) is 3.50. The first-order valence-corrected chi connectivity index (χ1v) is 7.93. The summed E-state index contributed by atoms with van der Waals surface area (Å²) in [6.07, 6.45) is 0. The number of nitrogens with two attached hydrogens (primary N) is 2. The fourth-order valence-electron chi connectivity index (χ4n) is 2.22. The van der Waals surface area contributed by atoms with Crippen LogP contribution in [0.15, 0.2) is 9.59 Å². The number of aromatic nitrogens is 8. The van der Waals surface area contributed by atoms with Crippen LogP contribution in [-0.2, 0) is 0 Å². The summed E-state index contributed by atoms with van der Waals surface area (Å²) in [5.74, 6) is -3.80. The predicted molar refractivity (Wildman–Crippen MR) is 97.5 cm³/mol. The van der Waals surface area contributed by atoms with Crippen LogP contribution in [0.1, 0.15) is 21.0 Å². The third kappa shape index (κ3) is 6.50. The maximum Gasteiger partial charge on any atom is 1.00 e. The SMILES string of the molecule is Nc1nc(C(=O)O)c(N)nc1C(=O)O.O=c1[nH]c([O-])nc2nc3c(=O)[nH]c([O-])nc3nc12.[K+].[K+]. The van der Waals surface area contributed by atoms with E-state index in [1.165, 1.54) is 0 Å². The smallest absolute Gasteiger partial charge is 0.846 e. The summed E-state index contributed by atoms with van der Waals surface area (Å²) in [5, 5.41) is 39.1. The Morgan fingerprint density at radius 3 is 1.29 bits per heavy atom. The Morgan fingerprint density at radius 1 is 0.676 bits per heavy atom. The van der Waals surface area contributed by atoms with E-state index in [1.807, 2.05) is 9.97 Å². The van der Waals surface area contributed by atoms with Crippen LogP contribution in [0.25, 0.3) is 22.3 Å². The maximum absolute atomic E-state index is 11.4. The van der Waals surface area contributed by atoms with Crippen molar-refractivity contribution in [1.29, 1.82) is 0 Å². The molecule has 164 valence electrons. The zero-order valence-electron chi connectivity index (χ0n) is 17.2. The molecule has 20 heteroatoms. The van der Waals surface area contributed by atoms with Crippen molar-refractivity contribution in [3.63, 3.8) is 0 Å². The summed E-state index contributed by atoms with van der Waals surface area (Å²) in [7, 11) is 0. The molecule has 34 heavy (non-hydrogen) atoms. The predicted octanol–water partition coefficient (Wildman–Crippen LogP) is -9.86. The fraction of sp³-hybridized carbons (Fsp3) is 0. The van der Waals surface area contributed by atoms with Crippen LogP contribution in [0.2, 0.25) is 0 Å². The molecule has 4 aromatic heterocycles. The van der Waals surface area contributed by atoms with E-state index in [-0.39, 0.29) is 125 Å². The van der Waals surface area contributed by atoms with Crippen molar-refractivity contribution in [2.75, 3.05) is 11.5 Å². The number of hydrogen-bond acceptors (Lipinski definition) is 14. The average molecular weight is 522 g/mol. The number of fused-ring (bicyclic) bond motifs is 2. The first-order chi connectivity index (χ1) is 15.0. The minimum Gasteiger partial charge on any atom is -0.846 e. The number of carboxylic acid groups (broad SMARTS) is 2. The number of nitrogens with zero attached hydrogens (tertiary/aromatic N) is 6. The molecule has 4 heterocycles. The van der Waals surface area contributed by atoms with Gasteiger partial charge >= 0.3 is 115 Å². The van der Waals surface area contributed by atoms with Gasteiger partial charge < -0.3 is 41.9 Å². The van der Waals surface area contributed by atoms with Crippen LogP contribution >= 0.6 is 0 Å². The van der Waals surface area contributed by atoms with E-state index in [0.29, 0.717) is 0 Å². The van der Waals surface area contributed by atoms with Crippen molar-refractivity contribution in [3.8, 4) is 12.0 Å². The van der Waals surface area contributed by atoms with Gasteiger partial charge in [-0.2, -0.15) is 0 Å². The van der Waals surface area contributed by atoms with E-state index in [9.17, 15) is 29.4 Å². The second-order valence-electron chi connectivity index (χ2n) is 5.61. The number of carbonyl (C=O) groups is 2. The van der Waals surface area contributed by atoms with Crippen LogP contribution < -0.4 is 136 Å². The molecule has 0 aliphatic carbocycles. The quantitative estimate of drug-likeness (QED) is 0.105. The van der Waals surface area contributed by atoms with Crippen molar-refractivity contribution in [2.24, 2.45) is 0 Å². The molecule has 0 atom stereocenters. The number of H-pyrrole nitrogens is 2. The monoisotopic (exact) mass is 522 g/mol. The number of hydrogen-bond donors (Lipinski definition) is 6. The molecule has 0 fully saturated rings. The Morgan fingerprint density at radius 2 is 1.00 bits per heavy atom. The summed E-state index contributed by atoms with van der Waals surface area (Å²) in [6, 6.07) is -1.79. The van der Waals surface area contributed by atoms with Gasteiger partial charge in [-0.25, -0.2) is 39.5 Å². The molecule has 8 N–H and O–H groups in total. The molecule has 0 radical (unpaired) electrons. The van der Waals surface area contributed by atoms with E-state index < -0.39 is 58.1 Å². The summed E-state index contributed by atoms with van der Waals surface area (Å²) in [6.45, 7) is 0. The minimum absolute atomic E-state index is 0. The van der Waals surface area contributed by atoms with E-state index in [2.05, 4.69) is 29.9 Å². The first kappa shape index (κ1) is 29.9. The van der Waals surface area contributed by atoms with Gasteiger partial charge in [0.05, 0.1) is 12.0 Å². The molecule has 0 saturated carbocycles. The van der Waals surface area contributed by atoms with E-state index in [4.69, 9.17) is 21.7 Å². The van der Waals surface area contributed by atoms with Crippen molar-refractivity contribution in [2.45, 2.75) is 0 Å². The number of aromatic carboxylic acids is 2. The molecular formula is C14H8K2N10O8. The Labute approximate surface area is 270 Å². The Bertz CT molecular complexity index is 1420. The number of carboxylic acids is 2. The Kier molecular flexibility index (Phi) is 10.6. The number of rotatable bonds is 2. The van der Waals surface area contributed by atoms with Gasteiger partial charge in [-0.05, 0) is 0 Å². The van der Waals surface area contributed by atoms with Gasteiger partial charge in [-0.1, -0.05) is 0 Å². The van der Waals surface area contributed by atoms with Gasteiger partial charge in [-0.15, -0.1) is 0 Å². The maximum atomic E-state index is 11.4. The van der Waals surface area contributed by atoms with E-state index in [1.54, 1.807) is 0 Å². The van der Waals surface area contributed by atoms with Crippen molar-refractivity contribution < 1.29 is 133 Å². The molecule has 4 rings (SSSR count). The largest absolute Gasteiger partial charge is 1.00 e. The summed E-state index contributed by atoms with van der Waals surface area (Å²) >= 11 is 0. The molecular weight excluding hydrogens is 514 g/mol. The van der Waals surface area contributed by atoms with Gasteiger partial charge in [0.2, 0.25) is 0 Å². The van der Waals surface area contributed by atoms with Gasteiger partial charge in [-0.3, -0.25) is 9.59 Å². The Balaban J connectivity index is 0.000000331. The molecule has 0 amide bonds. The van der Waals surface area contributed by atoms with Gasteiger partial charge in [0.1, 0.15) is 0 Å². The van der Waals surface area contributed by atoms with Crippen molar-refractivity contribution in [1.82, 2.24) is 39.9 Å². The Hall–Kier alpha value is -2.15. The second-order valence-corrected chi connectivity index (χ2v) is 5.61. The van der Waals surface area contributed by atoms with Crippen LogP contribution in [0.4, 0.5) is 11.6 Å². The molecule has 0 bridgehead atoms. The van der Waals surface area contributed by atoms with Crippen LogP contribution in [0.3, 0.4) is 0 Å². The van der Waals surface area contributed by atoms with E-state index >= 15 is 0 Å². The second kappa shape index (κ2) is 12.0. The number of anilines is 2. The molecule has 4 aromatic rings. The molecule has 0 unspecified atom stereocenters. The molecule has 0 aliphatic heterocycles. The molecule has 0 spiro atoms. The molecule has 0 saturated heterocycles. The zero-order valence-corrected chi connectivity index (χ0v) is 23.4. The van der Waals surface area contributed by atoms with Crippen LogP contribution in [-0.4, -0.2) is 62.0 Å². The van der Waals surface area contributed by atoms with Gasteiger partial charge in [0, 0.05) is 0 Å². The standard InChI is InChI=1S/C8H4N6O4.C6H6N4O4.2K/c15-5-1-3(11-7(17)13-5)10-2-4(9-1)12-8(18)14-6(2)16;7-3-1(5(11)12)9-4(8)2(10-3)6(13)14;;/h(H2,9,12,14,16,18)(H2,10,11,13,15,17);(H2,8,9)(H2,7,10)(H,11,12)(H,13,14);;/q;;2*+1/p-2. The summed E-state index contributed by atoms with van der Waals surface area (Å²) < 4.78 is 0. The molecule has 18 nitrogen and oxygen atoms in total. The molecule has 0 aromatic carbocycles. The number of nitrogen functional groups attached to an aromatic ring is 2. The van der Waals surface area contributed by atoms with E-state index in [0.717, 1.165) is 0 Å². The zero-order chi connectivity index (χ0) is 23.7. The van der Waals surface area contributed by atoms with Crippen LogP contribution in [0.5, 0.6) is 12.0 Å². The van der Waals surface area contributed by atoms with Crippen LogP contribution in [0, 0.1) is 0 Å².